The van der Waals surface area contributed by atoms with Gasteiger partial charge in [-0.05, 0) is 62.3 Å². The fourth-order valence-electron chi connectivity index (χ4n) is 4.33. The summed E-state index contributed by atoms with van der Waals surface area (Å²) in [4.78, 5) is 30.0. The number of rotatable bonds is 4. The Morgan fingerprint density at radius 3 is 2.83 bits per heavy atom. The summed E-state index contributed by atoms with van der Waals surface area (Å²) in [5.41, 5.74) is 11.6. The minimum atomic E-state index is -0.267. The number of Topliss-reactive ketones (excluding diaryl/α,β-unsaturated/α-hetero) is 1. The minimum Gasteiger partial charge on any atom is -0.342 e. The molecule has 1 unspecified atom stereocenters. The van der Waals surface area contributed by atoms with Crippen LogP contribution < -0.4 is 5.43 Å². The van der Waals surface area contributed by atoms with Crippen LogP contribution in [0.15, 0.2) is 34.3 Å². The van der Waals surface area contributed by atoms with E-state index in [1.807, 2.05) is 10.6 Å². The zero-order chi connectivity index (χ0) is 21.0. The number of carbonyl (C=O) groups is 1. The predicted molar refractivity (Wildman–Crippen MR) is 120 cm³/mol. The van der Waals surface area contributed by atoms with E-state index in [-0.39, 0.29) is 28.9 Å². The van der Waals surface area contributed by atoms with Crippen LogP contribution in [0, 0.1) is 0 Å². The molecule has 2 heterocycles. The van der Waals surface area contributed by atoms with Crippen LogP contribution in [0.3, 0.4) is 0 Å². The number of halogens is 1. The van der Waals surface area contributed by atoms with E-state index < -0.39 is 0 Å². The summed E-state index contributed by atoms with van der Waals surface area (Å²) in [5, 5.41) is 4.98. The van der Waals surface area contributed by atoms with Gasteiger partial charge in [-0.3, -0.25) is 9.59 Å². The molecular formula is C22H19ClN4O2S. The first kappa shape index (κ1) is 19.4. The van der Waals surface area contributed by atoms with Gasteiger partial charge in [0.15, 0.2) is 11.2 Å². The highest BCUT2D eigenvalue weighted by molar-refractivity contribution is 7.15. The third kappa shape index (κ3) is 3.05. The molecule has 5 rings (SSSR count). The Kier molecular flexibility index (Phi) is 4.69. The van der Waals surface area contributed by atoms with Crippen LogP contribution >= 0.6 is 22.9 Å². The van der Waals surface area contributed by atoms with Gasteiger partial charge < -0.3 is 4.57 Å². The predicted octanol–water partition coefficient (Wildman–Crippen LogP) is 6.61. The fourth-order valence-corrected chi connectivity index (χ4v) is 6.06. The average Bonchev–Trinajstić information content (AvgIpc) is 3.47. The first-order valence-electron chi connectivity index (χ1n) is 10.0. The first-order chi connectivity index (χ1) is 14.5. The zero-order valence-electron chi connectivity index (χ0n) is 16.4. The molecule has 2 aliphatic rings. The second-order valence-corrected chi connectivity index (χ2v) is 9.46. The number of hydrogen-bond acceptors (Lipinski definition) is 4. The van der Waals surface area contributed by atoms with Gasteiger partial charge in [-0.25, -0.2) is 0 Å². The molecule has 0 spiro atoms. The van der Waals surface area contributed by atoms with Crippen molar-refractivity contribution < 1.29 is 4.79 Å². The molecule has 1 aromatic carbocycles. The topological polar surface area (TPSA) is 87.8 Å². The Balaban J connectivity index is 1.73. The van der Waals surface area contributed by atoms with Crippen molar-refractivity contribution in [3.05, 3.63) is 66.1 Å². The van der Waals surface area contributed by atoms with Crippen LogP contribution in [0.1, 0.15) is 65.5 Å². The summed E-state index contributed by atoms with van der Waals surface area (Å²) in [6, 6.07) is 5.93. The van der Waals surface area contributed by atoms with Gasteiger partial charge in [0.05, 0.1) is 22.1 Å². The van der Waals surface area contributed by atoms with Crippen molar-refractivity contribution in [2.75, 3.05) is 0 Å². The molecule has 0 N–H and O–H groups in total. The number of ketones is 1. The van der Waals surface area contributed by atoms with Crippen molar-refractivity contribution in [3.63, 3.8) is 0 Å². The molecule has 3 aromatic rings. The third-order valence-corrected chi connectivity index (χ3v) is 7.67. The molecule has 2 aromatic heterocycles. The number of carbonyl (C=O) groups excluding carboxylic acids is 1. The van der Waals surface area contributed by atoms with Crippen LogP contribution in [-0.4, -0.2) is 10.4 Å². The lowest BCUT2D eigenvalue weighted by molar-refractivity contribution is 0.101. The quantitative estimate of drug-likeness (QED) is 0.198. The molecule has 1 atom stereocenters. The van der Waals surface area contributed by atoms with Crippen molar-refractivity contribution >= 4 is 39.6 Å². The summed E-state index contributed by atoms with van der Waals surface area (Å²) < 4.78 is 2.01. The van der Waals surface area contributed by atoms with Crippen LogP contribution in [0.2, 0.25) is 5.02 Å². The number of thiophene rings is 1. The van der Waals surface area contributed by atoms with E-state index in [0.29, 0.717) is 15.9 Å². The Hall–Kier alpha value is -2.60. The number of benzene rings is 1. The lowest BCUT2D eigenvalue weighted by Gasteiger charge is -2.16. The first-order valence-corrected chi connectivity index (χ1v) is 11.2. The van der Waals surface area contributed by atoms with Crippen molar-refractivity contribution in [3.8, 4) is 10.4 Å². The SMILES string of the molecule is CC(=O)c1cn(C2CC2)c2c(Cl)c(-c3cc4c(s3)C(N=[N+]=[N-])CCC4)ccc2c1=O. The monoisotopic (exact) mass is 438 g/mol. The van der Waals surface area contributed by atoms with E-state index in [0.717, 1.165) is 47.4 Å². The lowest BCUT2D eigenvalue weighted by atomic mass is 9.95. The molecule has 152 valence electrons. The molecule has 0 radical (unpaired) electrons. The number of aryl methyl sites for hydroxylation is 1. The largest absolute Gasteiger partial charge is 0.342 e. The molecule has 0 saturated heterocycles. The molecule has 1 fully saturated rings. The van der Waals surface area contributed by atoms with Gasteiger partial charge in [0.25, 0.3) is 0 Å². The Morgan fingerprint density at radius 2 is 2.13 bits per heavy atom. The van der Waals surface area contributed by atoms with Crippen LogP contribution in [0.4, 0.5) is 0 Å². The number of nitrogens with zero attached hydrogens (tertiary/aromatic N) is 4. The molecular weight excluding hydrogens is 420 g/mol. The number of aromatic nitrogens is 1. The normalized spacial score (nSPS) is 18.1. The van der Waals surface area contributed by atoms with Gasteiger partial charge in [-0.1, -0.05) is 22.8 Å². The van der Waals surface area contributed by atoms with Crippen molar-refractivity contribution in [2.45, 2.75) is 51.1 Å². The molecule has 6 nitrogen and oxygen atoms in total. The second-order valence-electron chi connectivity index (χ2n) is 8.00. The van der Waals surface area contributed by atoms with E-state index in [4.69, 9.17) is 17.1 Å². The average molecular weight is 439 g/mol. The summed E-state index contributed by atoms with van der Waals surface area (Å²) in [6.45, 7) is 1.42. The standard InChI is InChI=1S/C22H19ClN4O2S/c1-11(28)16-10-27(13-5-6-13)20-15(21(16)29)8-7-14(19(20)23)18-9-12-3-2-4-17(25-26-24)22(12)30-18/h7-10,13,17H,2-6H2,1H3. The zero-order valence-corrected chi connectivity index (χ0v) is 18.0. The molecule has 8 heteroatoms. The number of fused-ring (bicyclic) bond motifs is 2. The number of azide groups is 1. The summed E-state index contributed by atoms with van der Waals surface area (Å²) in [6.07, 6.45) is 6.51. The third-order valence-electron chi connectivity index (χ3n) is 5.98. The van der Waals surface area contributed by atoms with E-state index in [9.17, 15) is 9.59 Å². The summed E-state index contributed by atoms with van der Waals surface area (Å²) in [7, 11) is 0. The van der Waals surface area contributed by atoms with E-state index in [2.05, 4.69) is 16.1 Å². The maximum atomic E-state index is 12.9. The second kappa shape index (κ2) is 7.27. The van der Waals surface area contributed by atoms with Gasteiger partial charge >= 0.3 is 0 Å². The molecule has 0 aliphatic heterocycles. The smallest absolute Gasteiger partial charge is 0.200 e. The lowest BCUT2D eigenvalue weighted by Crippen LogP contribution is -2.17. The van der Waals surface area contributed by atoms with Crippen molar-refractivity contribution in [1.82, 2.24) is 4.57 Å². The highest BCUT2D eigenvalue weighted by atomic mass is 35.5. The highest BCUT2D eigenvalue weighted by Gasteiger charge is 2.29. The highest BCUT2D eigenvalue weighted by Crippen LogP contribution is 2.46. The molecule has 1 saturated carbocycles. The Morgan fingerprint density at radius 1 is 1.33 bits per heavy atom. The molecule has 0 amide bonds. The Labute approximate surface area is 181 Å². The van der Waals surface area contributed by atoms with Gasteiger partial charge in [0.1, 0.15) is 0 Å². The van der Waals surface area contributed by atoms with Crippen molar-refractivity contribution in [2.24, 2.45) is 5.11 Å². The van der Waals surface area contributed by atoms with Gasteiger partial charge in [-0.2, -0.15) is 0 Å². The van der Waals surface area contributed by atoms with E-state index in [1.165, 1.54) is 12.5 Å². The van der Waals surface area contributed by atoms with Gasteiger partial charge in [-0.15, -0.1) is 11.3 Å². The number of hydrogen-bond donors (Lipinski definition) is 0. The van der Waals surface area contributed by atoms with E-state index >= 15 is 0 Å². The van der Waals surface area contributed by atoms with Gasteiger partial charge in [0.2, 0.25) is 0 Å². The summed E-state index contributed by atoms with van der Waals surface area (Å²) in [5.74, 6) is -0.230. The molecule has 0 bridgehead atoms. The van der Waals surface area contributed by atoms with Crippen LogP contribution in [-0.2, 0) is 6.42 Å². The van der Waals surface area contributed by atoms with Crippen LogP contribution in [0.5, 0.6) is 0 Å². The van der Waals surface area contributed by atoms with Gasteiger partial charge in [0, 0.05) is 37.9 Å². The summed E-state index contributed by atoms with van der Waals surface area (Å²) >= 11 is 8.51. The van der Waals surface area contributed by atoms with E-state index in [1.54, 1.807) is 23.6 Å². The number of pyridine rings is 1. The van der Waals surface area contributed by atoms with Crippen molar-refractivity contribution in [1.29, 1.82) is 0 Å². The molecule has 30 heavy (non-hydrogen) atoms. The molecule has 2 aliphatic carbocycles. The minimum absolute atomic E-state index is 0.125. The fraction of sp³-hybridized carbons (Fsp3) is 0.364. The Bertz CT molecular complexity index is 1310. The van der Waals surface area contributed by atoms with Crippen LogP contribution in [0.25, 0.3) is 31.8 Å². The maximum absolute atomic E-state index is 12.9. The maximum Gasteiger partial charge on any atom is 0.200 e.